The maximum Gasteiger partial charge on any atom is 0.356 e. The number of nitrogens with zero attached hydrogens (tertiary/aromatic N) is 4. The average molecular weight is 388 g/mol. The number of anilines is 1. The van der Waals surface area contributed by atoms with E-state index in [9.17, 15) is 4.57 Å². The van der Waals surface area contributed by atoms with Gasteiger partial charge in [-0.15, -0.1) is 0 Å². The van der Waals surface area contributed by atoms with Crippen molar-refractivity contribution in [2.75, 3.05) is 12.3 Å². The molecule has 22 heavy (non-hydrogen) atoms. The first-order valence-corrected chi connectivity index (χ1v) is 9.02. The summed E-state index contributed by atoms with van der Waals surface area (Å²) in [6.07, 6.45) is 2.98. The molecule has 0 aliphatic carbocycles. The third-order valence-corrected chi connectivity index (χ3v) is 6.59. The van der Waals surface area contributed by atoms with Gasteiger partial charge in [-0.3, -0.25) is 9.09 Å². The lowest BCUT2D eigenvalue weighted by molar-refractivity contribution is 0.102. The lowest BCUT2D eigenvalue weighted by Crippen LogP contribution is -2.30. The Morgan fingerprint density at radius 3 is 3.00 bits per heavy atom. The van der Waals surface area contributed by atoms with Gasteiger partial charge in [-0.25, -0.2) is 15.0 Å². The Hall–Kier alpha value is -1.28. The van der Waals surface area contributed by atoms with Crippen molar-refractivity contribution in [1.82, 2.24) is 19.5 Å². The number of fused-ring (bicyclic) bond motifs is 1. The van der Waals surface area contributed by atoms with Gasteiger partial charge < -0.3 is 14.8 Å². The molecule has 3 heterocycles. The molecular weight excluding hydrogens is 373 g/mol. The molecule has 0 fully saturated rings. The lowest BCUT2D eigenvalue weighted by Gasteiger charge is -2.26. The second kappa shape index (κ2) is 5.42. The maximum atomic E-state index is 12.5. The van der Waals surface area contributed by atoms with E-state index in [1.165, 1.54) is 12.1 Å². The minimum absolute atomic E-state index is 0.307. The molecule has 2 unspecified atom stereocenters. The van der Waals surface area contributed by atoms with Gasteiger partial charge in [0.15, 0.2) is 11.5 Å². The van der Waals surface area contributed by atoms with E-state index >= 15 is 0 Å². The maximum absolute atomic E-state index is 12.5. The van der Waals surface area contributed by atoms with Crippen LogP contribution in [0.25, 0.3) is 11.2 Å². The molecule has 2 N–H and O–H groups in total. The highest BCUT2D eigenvalue weighted by Gasteiger charge is 2.45. The number of rotatable bonds is 4. The van der Waals surface area contributed by atoms with Crippen molar-refractivity contribution >= 4 is 40.5 Å². The highest BCUT2D eigenvalue weighted by atomic mass is 79.9. The van der Waals surface area contributed by atoms with Gasteiger partial charge >= 0.3 is 7.60 Å². The predicted molar refractivity (Wildman–Crippen MR) is 85.5 cm³/mol. The fraction of sp³-hybridized carbons (Fsp3) is 0.417. The van der Waals surface area contributed by atoms with Crippen LogP contribution in [-0.2, 0) is 20.2 Å². The zero-order valence-electron chi connectivity index (χ0n) is 12.1. The van der Waals surface area contributed by atoms with Crippen LogP contribution >= 0.6 is 23.5 Å². The van der Waals surface area contributed by atoms with Crippen molar-refractivity contribution in [3.8, 4) is 0 Å². The van der Waals surface area contributed by atoms with Crippen LogP contribution in [0.4, 0.5) is 5.82 Å². The quantitative estimate of drug-likeness (QED) is 0.803. The second-order valence-electron chi connectivity index (χ2n) is 5.06. The van der Waals surface area contributed by atoms with Crippen LogP contribution in [0, 0.1) is 0 Å². The summed E-state index contributed by atoms with van der Waals surface area (Å²) in [5, 5.41) is 0. The van der Waals surface area contributed by atoms with E-state index in [1.54, 1.807) is 17.8 Å². The normalized spacial score (nSPS) is 28.2. The number of halogens is 1. The lowest BCUT2D eigenvalue weighted by atomic mass is 10.1. The molecule has 118 valence electrons. The second-order valence-corrected chi connectivity index (χ2v) is 7.69. The van der Waals surface area contributed by atoms with Crippen molar-refractivity contribution in [3.63, 3.8) is 0 Å². The molecular formula is C12H15BrN5O3P. The smallest absolute Gasteiger partial charge is 0.356 e. The van der Waals surface area contributed by atoms with Crippen LogP contribution in [0.1, 0.15) is 13.8 Å². The molecule has 0 saturated carbocycles. The van der Waals surface area contributed by atoms with Gasteiger partial charge in [0.25, 0.3) is 0 Å². The average Bonchev–Trinajstić information content (AvgIpc) is 2.92. The fourth-order valence-electron chi connectivity index (χ4n) is 2.31. The van der Waals surface area contributed by atoms with Gasteiger partial charge in [0.1, 0.15) is 17.4 Å². The molecule has 2 atom stereocenters. The Labute approximate surface area is 135 Å². The van der Waals surface area contributed by atoms with Crippen LogP contribution in [0.5, 0.6) is 0 Å². The molecule has 2 aromatic rings. The molecule has 0 spiro atoms. The van der Waals surface area contributed by atoms with E-state index in [1.807, 2.05) is 6.92 Å². The van der Waals surface area contributed by atoms with Crippen LogP contribution in [0.2, 0.25) is 0 Å². The first kappa shape index (κ1) is 15.6. The third-order valence-electron chi connectivity index (χ3n) is 3.32. The largest absolute Gasteiger partial charge is 0.382 e. The Morgan fingerprint density at radius 2 is 2.27 bits per heavy atom. The van der Waals surface area contributed by atoms with Gasteiger partial charge in [-0.2, -0.15) is 0 Å². The van der Waals surface area contributed by atoms with Crippen molar-refractivity contribution in [3.05, 3.63) is 23.0 Å². The molecule has 0 radical (unpaired) electrons. The van der Waals surface area contributed by atoms with E-state index < -0.39 is 13.2 Å². The highest BCUT2D eigenvalue weighted by molar-refractivity contribution is 9.11. The van der Waals surface area contributed by atoms with Crippen LogP contribution in [0.3, 0.4) is 0 Å². The summed E-state index contributed by atoms with van der Waals surface area (Å²) in [7, 11) is -3.24. The molecule has 8 nitrogen and oxygen atoms in total. The molecule has 0 bridgehead atoms. The van der Waals surface area contributed by atoms with E-state index in [0.717, 1.165) is 0 Å². The topological polar surface area (TPSA) is 105 Å². The van der Waals surface area contributed by atoms with Gasteiger partial charge in [-0.05, 0) is 13.8 Å². The van der Waals surface area contributed by atoms with E-state index in [2.05, 4.69) is 30.9 Å². The number of nitrogens with two attached hydrogens (primary N) is 1. The van der Waals surface area contributed by atoms with Gasteiger partial charge in [0.2, 0.25) is 0 Å². The first-order valence-electron chi connectivity index (χ1n) is 6.62. The molecule has 0 aromatic carbocycles. The van der Waals surface area contributed by atoms with Crippen molar-refractivity contribution < 1.29 is 13.6 Å². The van der Waals surface area contributed by atoms with Crippen molar-refractivity contribution in [2.24, 2.45) is 0 Å². The summed E-state index contributed by atoms with van der Waals surface area (Å²) >= 11 is 3.42. The Morgan fingerprint density at radius 1 is 1.50 bits per heavy atom. The summed E-state index contributed by atoms with van der Waals surface area (Å²) < 4.78 is 25.9. The molecule has 0 amide bonds. The number of hydrogen-bond acceptors (Lipinski definition) is 7. The Bertz CT molecular complexity index is 807. The summed E-state index contributed by atoms with van der Waals surface area (Å²) in [5.74, 6) is 1.81. The number of nitrogen functional groups attached to an aromatic ring is 1. The number of hydrogen-bond donors (Lipinski definition) is 1. The Kier molecular flexibility index (Phi) is 3.84. The molecule has 2 aromatic heterocycles. The summed E-state index contributed by atoms with van der Waals surface area (Å²) in [4.78, 5) is 12.3. The van der Waals surface area contributed by atoms with Crippen molar-refractivity contribution in [2.45, 2.75) is 26.0 Å². The van der Waals surface area contributed by atoms with E-state index in [0.29, 0.717) is 34.6 Å². The summed E-state index contributed by atoms with van der Waals surface area (Å²) in [6, 6.07) is 0. The SMILES string of the molecule is CCOP1(=O)C=C(Br)C(C)(Cn2cnc3c(N)ncnc32)O1. The van der Waals surface area contributed by atoms with Gasteiger partial charge in [-0.1, -0.05) is 15.9 Å². The molecule has 1 aliphatic heterocycles. The van der Waals surface area contributed by atoms with E-state index in [-0.39, 0.29) is 0 Å². The number of aromatic nitrogens is 4. The van der Waals surface area contributed by atoms with E-state index in [4.69, 9.17) is 14.8 Å². The summed E-state index contributed by atoms with van der Waals surface area (Å²) in [5.41, 5.74) is 6.06. The van der Waals surface area contributed by atoms with Gasteiger partial charge in [0.05, 0.1) is 19.5 Å². The monoisotopic (exact) mass is 387 g/mol. The Balaban J connectivity index is 1.94. The molecule has 0 saturated heterocycles. The predicted octanol–water partition coefficient (Wildman–Crippen LogP) is 2.66. The van der Waals surface area contributed by atoms with Gasteiger partial charge in [0, 0.05) is 10.3 Å². The third kappa shape index (κ3) is 2.58. The first-order chi connectivity index (χ1) is 10.4. The molecule has 10 heteroatoms. The highest BCUT2D eigenvalue weighted by Crippen LogP contribution is 2.62. The minimum Gasteiger partial charge on any atom is -0.382 e. The zero-order chi connectivity index (χ0) is 16.0. The van der Waals surface area contributed by atoms with Crippen LogP contribution < -0.4 is 5.73 Å². The molecule has 1 aliphatic rings. The van der Waals surface area contributed by atoms with Crippen LogP contribution in [-0.4, -0.2) is 31.7 Å². The zero-order valence-corrected chi connectivity index (χ0v) is 14.5. The standard InChI is InChI=1S/C12H15BrN5O3P/c1-3-20-22(19)4-8(13)12(2,21-22)5-18-7-17-9-10(14)15-6-16-11(9)18/h4,6-7H,3,5H2,1-2H3,(H2,14,15,16). The minimum atomic E-state index is -3.24. The number of imidazole rings is 1. The summed E-state index contributed by atoms with van der Waals surface area (Å²) in [6.45, 7) is 4.25. The molecule has 3 rings (SSSR count). The fourth-order valence-corrected chi connectivity index (χ4v) is 5.21. The van der Waals surface area contributed by atoms with Crippen LogP contribution in [0.15, 0.2) is 23.0 Å². The van der Waals surface area contributed by atoms with Crippen molar-refractivity contribution in [1.29, 1.82) is 0 Å².